The number of amides is 2. The highest BCUT2D eigenvalue weighted by Gasteiger charge is 2.16. The van der Waals surface area contributed by atoms with Gasteiger partial charge < -0.3 is 10.2 Å². The molecule has 0 aliphatic rings. The van der Waals surface area contributed by atoms with Gasteiger partial charge in [-0.2, -0.15) is 5.10 Å². The van der Waals surface area contributed by atoms with Gasteiger partial charge >= 0.3 is 0 Å². The summed E-state index contributed by atoms with van der Waals surface area (Å²) in [6, 6.07) is 17.3. The largest absolute Gasteiger partial charge is 0.348 e. The first kappa shape index (κ1) is 21.6. The monoisotopic (exact) mass is 422 g/mol. The zero-order chi connectivity index (χ0) is 21.7. The zero-order valence-electron chi connectivity index (χ0n) is 17.7. The number of aryl methyl sites for hydroxylation is 1. The van der Waals surface area contributed by atoms with Crippen LogP contribution >= 0.6 is 11.8 Å². The lowest BCUT2D eigenvalue weighted by Gasteiger charge is -2.12. The van der Waals surface area contributed by atoms with Crippen LogP contribution in [0.5, 0.6) is 0 Å². The molecule has 0 atom stereocenters. The number of nitrogens with one attached hydrogen (secondary N) is 1. The average Bonchev–Trinajstić information content (AvgIpc) is 3.04. The predicted molar refractivity (Wildman–Crippen MR) is 120 cm³/mol. The SMILES string of the molecule is Cc1nn(-c2ccccc2)c(C)c1CNC(=O)c1ccccc1SCC(=O)N(C)C. The van der Waals surface area contributed by atoms with E-state index in [2.05, 4.69) is 10.4 Å². The maximum Gasteiger partial charge on any atom is 0.252 e. The van der Waals surface area contributed by atoms with Gasteiger partial charge in [-0.05, 0) is 38.1 Å². The quantitative estimate of drug-likeness (QED) is 0.591. The van der Waals surface area contributed by atoms with E-state index in [-0.39, 0.29) is 11.8 Å². The van der Waals surface area contributed by atoms with Gasteiger partial charge in [-0.1, -0.05) is 30.3 Å². The molecule has 2 amide bonds. The summed E-state index contributed by atoms with van der Waals surface area (Å²) in [5, 5.41) is 7.64. The van der Waals surface area contributed by atoms with Crippen molar-refractivity contribution in [2.24, 2.45) is 0 Å². The van der Waals surface area contributed by atoms with Gasteiger partial charge in [0.25, 0.3) is 5.91 Å². The van der Waals surface area contributed by atoms with Gasteiger partial charge in [0.2, 0.25) is 5.91 Å². The van der Waals surface area contributed by atoms with E-state index in [0.717, 1.165) is 27.5 Å². The molecule has 0 fully saturated rings. The fraction of sp³-hybridized carbons (Fsp3) is 0.261. The van der Waals surface area contributed by atoms with Crippen molar-refractivity contribution in [2.45, 2.75) is 25.3 Å². The smallest absolute Gasteiger partial charge is 0.252 e. The highest BCUT2D eigenvalue weighted by molar-refractivity contribution is 8.00. The maximum absolute atomic E-state index is 12.9. The third kappa shape index (κ3) is 4.91. The Labute approximate surface area is 181 Å². The minimum atomic E-state index is -0.165. The number of para-hydroxylation sites is 1. The van der Waals surface area contributed by atoms with Gasteiger partial charge in [0, 0.05) is 36.8 Å². The van der Waals surface area contributed by atoms with Crippen LogP contribution in [0, 0.1) is 13.8 Å². The van der Waals surface area contributed by atoms with E-state index in [1.807, 2.05) is 67.1 Å². The lowest BCUT2D eigenvalue weighted by Crippen LogP contribution is -2.25. The van der Waals surface area contributed by atoms with E-state index >= 15 is 0 Å². The van der Waals surface area contributed by atoms with Crippen LogP contribution in [0.25, 0.3) is 5.69 Å². The Morgan fingerprint density at radius 2 is 1.70 bits per heavy atom. The van der Waals surface area contributed by atoms with E-state index in [1.54, 1.807) is 25.1 Å². The lowest BCUT2D eigenvalue weighted by molar-refractivity contribution is -0.125. The summed E-state index contributed by atoms with van der Waals surface area (Å²) >= 11 is 1.37. The molecule has 0 saturated heterocycles. The predicted octanol–water partition coefficient (Wildman–Crippen LogP) is 3.60. The molecular formula is C23H26N4O2S. The molecule has 6 nitrogen and oxygen atoms in total. The van der Waals surface area contributed by atoms with Crippen LogP contribution in [0.15, 0.2) is 59.5 Å². The average molecular weight is 423 g/mol. The molecule has 1 N–H and O–H groups in total. The number of hydrogen-bond donors (Lipinski definition) is 1. The van der Waals surface area contributed by atoms with E-state index in [9.17, 15) is 9.59 Å². The second-order valence-electron chi connectivity index (χ2n) is 7.15. The summed E-state index contributed by atoms with van der Waals surface area (Å²) in [5.41, 5.74) is 4.44. The Bertz CT molecular complexity index is 1040. The minimum absolute atomic E-state index is 0.00906. The number of nitrogens with zero attached hydrogens (tertiary/aromatic N) is 3. The van der Waals surface area contributed by atoms with Crippen LogP contribution in [0.4, 0.5) is 0 Å². The van der Waals surface area contributed by atoms with Gasteiger partial charge in [0.15, 0.2) is 0 Å². The highest BCUT2D eigenvalue weighted by Crippen LogP contribution is 2.23. The van der Waals surface area contributed by atoms with Crippen LogP contribution in [-0.4, -0.2) is 46.3 Å². The molecule has 0 unspecified atom stereocenters. The maximum atomic E-state index is 12.9. The molecule has 156 valence electrons. The Kier molecular flexibility index (Phi) is 6.95. The Balaban J connectivity index is 1.73. The number of carbonyl (C=O) groups is 2. The molecule has 0 aliphatic carbocycles. The van der Waals surface area contributed by atoms with Crippen molar-refractivity contribution in [3.8, 4) is 5.69 Å². The molecule has 0 spiro atoms. The summed E-state index contributed by atoms with van der Waals surface area (Å²) in [5.74, 6) is 0.135. The molecule has 3 rings (SSSR count). The van der Waals surface area contributed by atoms with Crippen molar-refractivity contribution in [2.75, 3.05) is 19.8 Å². The number of aromatic nitrogens is 2. The van der Waals surface area contributed by atoms with E-state index in [1.165, 1.54) is 11.8 Å². The first-order valence-corrected chi connectivity index (χ1v) is 10.7. The van der Waals surface area contributed by atoms with Crippen molar-refractivity contribution >= 4 is 23.6 Å². The fourth-order valence-corrected chi connectivity index (χ4v) is 4.09. The molecule has 30 heavy (non-hydrogen) atoms. The van der Waals surface area contributed by atoms with Crippen LogP contribution in [0.2, 0.25) is 0 Å². The van der Waals surface area contributed by atoms with Crippen molar-refractivity contribution in [3.63, 3.8) is 0 Å². The molecule has 2 aromatic carbocycles. The van der Waals surface area contributed by atoms with Crippen molar-refractivity contribution in [1.29, 1.82) is 0 Å². The molecule has 3 aromatic rings. The Morgan fingerprint density at radius 1 is 1.03 bits per heavy atom. The molecule has 1 aromatic heterocycles. The third-order valence-electron chi connectivity index (χ3n) is 4.85. The summed E-state index contributed by atoms with van der Waals surface area (Å²) in [6.07, 6.45) is 0. The topological polar surface area (TPSA) is 67.2 Å². The standard InChI is InChI=1S/C23H26N4O2S/c1-16-20(17(2)27(25-16)18-10-6-5-7-11-18)14-24-23(29)19-12-8-9-13-21(19)30-15-22(28)26(3)4/h5-13H,14-15H2,1-4H3,(H,24,29). The number of benzene rings is 2. The molecule has 0 bridgehead atoms. The number of thioether (sulfide) groups is 1. The summed E-state index contributed by atoms with van der Waals surface area (Å²) in [4.78, 5) is 27.1. The highest BCUT2D eigenvalue weighted by atomic mass is 32.2. The van der Waals surface area contributed by atoms with Crippen LogP contribution in [-0.2, 0) is 11.3 Å². The van der Waals surface area contributed by atoms with Gasteiger partial charge in [-0.15, -0.1) is 11.8 Å². The van der Waals surface area contributed by atoms with Gasteiger partial charge in [0.05, 0.1) is 22.7 Å². The van der Waals surface area contributed by atoms with E-state index in [4.69, 9.17) is 0 Å². The second kappa shape index (κ2) is 9.63. The summed E-state index contributed by atoms with van der Waals surface area (Å²) in [6.45, 7) is 4.34. The summed E-state index contributed by atoms with van der Waals surface area (Å²) < 4.78 is 1.90. The van der Waals surface area contributed by atoms with Crippen LogP contribution in [0.3, 0.4) is 0 Å². The van der Waals surface area contributed by atoms with Crippen LogP contribution < -0.4 is 5.32 Å². The molecule has 0 saturated carbocycles. The first-order valence-electron chi connectivity index (χ1n) is 9.69. The van der Waals surface area contributed by atoms with Gasteiger partial charge in [-0.3, -0.25) is 9.59 Å². The van der Waals surface area contributed by atoms with Crippen molar-refractivity contribution < 1.29 is 9.59 Å². The van der Waals surface area contributed by atoms with Crippen molar-refractivity contribution in [1.82, 2.24) is 20.0 Å². The lowest BCUT2D eigenvalue weighted by atomic mass is 10.1. The normalized spacial score (nSPS) is 10.7. The van der Waals surface area contributed by atoms with Gasteiger partial charge in [-0.25, -0.2) is 4.68 Å². The number of hydrogen-bond acceptors (Lipinski definition) is 4. The van der Waals surface area contributed by atoms with E-state index in [0.29, 0.717) is 17.9 Å². The first-order chi connectivity index (χ1) is 14.4. The van der Waals surface area contributed by atoms with E-state index < -0.39 is 0 Å². The number of carbonyl (C=O) groups excluding carboxylic acids is 2. The molecule has 7 heteroatoms. The molecule has 1 heterocycles. The minimum Gasteiger partial charge on any atom is -0.348 e. The second-order valence-corrected chi connectivity index (χ2v) is 8.17. The molecule has 0 radical (unpaired) electrons. The number of rotatable bonds is 7. The molecular weight excluding hydrogens is 396 g/mol. The zero-order valence-corrected chi connectivity index (χ0v) is 18.5. The third-order valence-corrected chi connectivity index (χ3v) is 5.91. The Hall–Kier alpha value is -3.06. The van der Waals surface area contributed by atoms with Crippen molar-refractivity contribution in [3.05, 3.63) is 77.1 Å². The Morgan fingerprint density at radius 3 is 2.40 bits per heavy atom. The summed E-state index contributed by atoms with van der Waals surface area (Å²) in [7, 11) is 3.45. The molecule has 0 aliphatic heterocycles. The van der Waals surface area contributed by atoms with Crippen LogP contribution in [0.1, 0.15) is 27.3 Å². The fourth-order valence-electron chi connectivity index (χ4n) is 3.06. The van der Waals surface area contributed by atoms with Gasteiger partial charge in [0.1, 0.15) is 0 Å².